The van der Waals surface area contributed by atoms with E-state index in [1.807, 2.05) is 0 Å². The Morgan fingerprint density at radius 1 is 1.00 bits per heavy atom. The molecule has 4 aliphatic carbocycles. The number of rotatable bonds is 4. The van der Waals surface area contributed by atoms with Gasteiger partial charge in [0, 0.05) is 17.3 Å². The van der Waals surface area contributed by atoms with Crippen LogP contribution in [0.2, 0.25) is 0 Å². The number of allylic oxidation sites excluding steroid dienone is 1. The Balaban J connectivity index is 1.36. The van der Waals surface area contributed by atoms with Crippen LogP contribution in [0, 0.1) is 40.4 Å². The summed E-state index contributed by atoms with van der Waals surface area (Å²) in [6.07, 6.45) is 6.20. The van der Waals surface area contributed by atoms with Gasteiger partial charge < -0.3 is 24.8 Å². The zero-order valence-corrected chi connectivity index (χ0v) is 20.9. The van der Waals surface area contributed by atoms with Crippen LogP contribution in [0.4, 0.5) is 0 Å². The number of aliphatic hydroxyl groups excluding tert-OH is 3. The predicted molar refractivity (Wildman–Crippen MR) is 125 cm³/mol. The van der Waals surface area contributed by atoms with Crippen molar-refractivity contribution in [3.63, 3.8) is 0 Å². The maximum Gasteiger partial charge on any atom is 0.165 e. The largest absolute Gasteiger partial charge is 0.393 e. The number of hydrogen-bond acceptors (Lipinski definition) is 5. The van der Waals surface area contributed by atoms with Gasteiger partial charge in [0.05, 0.1) is 23.9 Å². The molecule has 0 aromatic rings. The van der Waals surface area contributed by atoms with E-state index in [4.69, 9.17) is 9.47 Å². The fraction of sp³-hybridized carbons (Fsp3) is 0.929. The summed E-state index contributed by atoms with van der Waals surface area (Å²) in [4.78, 5) is 0. The maximum absolute atomic E-state index is 11.7. The van der Waals surface area contributed by atoms with Gasteiger partial charge in [-0.2, -0.15) is 0 Å². The van der Waals surface area contributed by atoms with E-state index in [0.29, 0.717) is 18.3 Å². The van der Waals surface area contributed by atoms with Gasteiger partial charge in [-0.3, -0.25) is 0 Å². The van der Waals surface area contributed by atoms with E-state index >= 15 is 0 Å². The quantitative estimate of drug-likeness (QED) is 0.549. The molecular weight excluding hydrogens is 416 g/mol. The molecule has 4 saturated carbocycles. The van der Waals surface area contributed by atoms with Crippen LogP contribution in [0.3, 0.4) is 0 Å². The second-order valence-corrected chi connectivity index (χ2v) is 13.5. The molecule has 0 aromatic carbocycles. The maximum atomic E-state index is 11.7. The smallest absolute Gasteiger partial charge is 0.165 e. The first kappa shape index (κ1) is 23.0. The molecule has 0 amide bonds. The molecule has 6 rings (SSSR count). The van der Waals surface area contributed by atoms with Crippen molar-refractivity contribution in [3.05, 3.63) is 12.2 Å². The average molecular weight is 461 g/mol. The highest BCUT2D eigenvalue weighted by molar-refractivity contribution is 5.30. The first-order valence-electron chi connectivity index (χ1n) is 13.6. The van der Waals surface area contributed by atoms with Crippen molar-refractivity contribution in [1.82, 2.24) is 0 Å². The molecule has 3 N–H and O–H groups in total. The molecule has 0 unspecified atom stereocenters. The van der Waals surface area contributed by atoms with Gasteiger partial charge in [-0.15, -0.1) is 0 Å². The summed E-state index contributed by atoms with van der Waals surface area (Å²) in [7, 11) is 0. The standard InChI is InChI=1S/C28H44O5/c1-15(2)16(3)6-10-26(5)21-14-19(30)23-27(21)11-8-20-25(4)9-7-18(29)12-17(25)13-22(31)28(20,23)33-24(27)32-26/h15,17-24,29-31H,3,6-14H2,1-2,4-5H3/t17-,18+,19-,20-,21-,22-,23-,24-,25+,26+,27+,28-/m1/s1. The molecule has 2 saturated heterocycles. The molecule has 5 nitrogen and oxygen atoms in total. The summed E-state index contributed by atoms with van der Waals surface area (Å²) in [5, 5.41) is 33.6. The first-order valence-corrected chi connectivity index (χ1v) is 13.6. The Kier molecular flexibility index (Phi) is 4.92. The topological polar surface area (TPSA) is 79.2 Å². The Labute approximate surface area is 198 Å². The van der Waals surface area contributed by atoms with Crippen LogP contribution in [0.25, 0.3) is 0 Å². The Bertz CT molecular complexity index is 842. The first-order chi connectivity index (χ1) is 15.5. The van der Waals surface area contributed by atoms with Crippen molar-refractivity contribution in [2.24, 2.45) is 40.4 Å². The summed E-state index contributed by atoms with van der Waals surface area (Å²) >= 11 is 0. The van der Waals surface area contributed by atoms with Crippen molar-refractivity contribution >= 4 is 0 Å². The molecule has 33 heavy (non-hydrogen) atoms. The fourth-order valence-corrected chi connectivity index (χ4v) is 10.2. The minimum Gasteiger partial charge on any atom is -0.393 e. The molecule has 2 bridgehead atoms. The third-order valence-electron chi connectivity index (χ3n) is 11.9. The van der Waals surface area contributed by atoms with Crippen molar-refractivity contribution in [2.45, 2.75) is 121 Å². The van der Waals surface area contributed by atoms with Crippen molar-refractivity contribution in [1.29, 1.82) is 0 Å². The van der Waals surface area contributed by atoms with Crippen LogP contribution in [-0.4, -0.2) is 51.1 Å². The molecule has 2 heterocycles. The van der Waals surface area contributed by atoms with Gasteiger partial charge in [0.1, 0.15) is 5.60 Å². The molecule has 5 heteroatoms. The van der Waals surface area contributed by atoms with Crippen LogP contribution in [-0.2, 0) is 9.47 Å². The van der Waals surface area contributed by atoms with Crippen LogP contribution < -0.4 is 0 Å². The zero-order chi connectivity index (χ0) is 23.6. The van der Waals surface area contributed by atoms with Crippen LogP contribution >= 0.6 is 0 Å². The van der Waals surface area contributed by atoms with Gasteiger partial charge in [0.2, 0.25) is 0 Å². The predicted octanol–water partition coefficient (Wildman–Crippen LogP) is 4.19. The van der Waals surface area contributed by atoms with Crippen LogP contribution in [0.5, 0.6) is 0 Å². The molecule has 6 fully saturated rings. The molecule has 6 aliphatic rings. The number of ether oxygens (including phenoxy) is 2. The number of fused-ring (bicyclic) bond motifs is 2. The summed E-state index contributed by atoms with van der Waals surface area (Å²) in [5.74, 6) is 1.17. The molecule has 0 aromatic heterocycles. The molecule has 0 radical (unpaired) electrons. The van der Waals surface area contributed by atoms with E-state index in [0.717, 1.165) is 51.4 Å². The van der Waals surface area contributed by atoms with E-state index in [1.165, 1.54) is 5.57 Å². The van der Waals surface area contributed by atoms with Crippen LogP contribution in [0.15, 0.2) is 12.2 Å². The lowest BCUT2D eigenvalue weighted by molar-refractivity contribution is -0.285. The molecular formula is C28H44O5. The van der Waals surface area contributed by atoms with E-state index in [9.17, 15) is 15.3 Å². The second-order valence-electron chi connectivity index (χ2n) is 13.5. The minimum absolute atomic E-state index is 0.0365. The fourth-order valence-electron chi connectivity index (χ4n) is 10.2. The SMILES string of the molecule is C=C(CC[C@]1(C)O[C@@H]2O[C@@]34[C@H](O)C[C@H]5C[C@@H](O)CC[C@]5(C)[C@H]3CC[C@]23[C@H]4[C@H](O)C[C@@H]31)C(C)C. The summed E-state index contributed by atoms with van der Waals surface area (Å²) in [5.41, 5.74) is 0.0600. The third kappa shape index (κ3) is 2.67. The monoisotopic (exact) mass is 460 g/mol. The lowest BCUT2D eigenvalue weighted by Crippen LogP contribution is -2.68. The highest BCUT2D eigenvalue weighted by atomic mass is 16.7. The summed E-state index contributed by atoms with van der Waals surface area (Å²) < 4.78 is 13.8. The average Bonchev–Trinajstić information content (AvgIpc) is 3.26. The van der Waals surface area contributed by atoms with Gasteiger partial charge in [-0.1, -0.05) is 32.9 Å². The van der Waals surface area contributed by atoms with Gasteiger partial charge >= 0.3 is 0 Å². The third-order valence-corrected chi connectivity index (χ3v) is 11.9. The highest BCUT2D eigenvalue weighted by Gasteiger charge is 2.84. The van der Waals surface area contributed by atoms with Gasteiger partial charge in [0.25, 0.3) is 0 Å². The van der Waals surface area contributed by atoms with Crippen LogP contribution in [0.1, 0.15) is 85.5 Å². The number of hydrogen-bond donors (Lipinski definition) is 3. The van der Waals surface area contributed by atoms with E-state index in [1.54, 1.807) is 0 Å². The van der Waals surface area contributed by atoms with Crippen molar-refractivity contribution in [2.75, 3.05) is 0 Å². The van der Waals surface area contributed by atoms with E-state index in [-0.39, 0.29) is 46.6 Å². The lowest BCUT2D eigenvalue weighted by Gasteiger charge is -2.63. The lowest BCUT2D eigenvalue weighted by atomic mass is 9.42. The zero-order valence-electron chi connectivity index (χ0n) is 20.9. The molecule has 2 aliphatic heterocycles. The van der Waals surface area contributed by atoms with Crippen molar-refractivity contribution in [3.8, 4) is 0 Å². The second kappa shape index (κ2) is 7.06. The summed E-state index contributed by atoms with van der Waals surface area (Å²) in [6.45, 7) is 13.3. The van der Waals surface area contributed by atoms with E-state index in [2.05, 4.69) is 34.3 Å². The molecule has 12 atom stereocenters. The normalized spacial score (nSPS) is 58.8. The van der Waals surface area contributed by atoms with Crippen molar-refractivity contribution < 1.29 is 24.8 Å². The minimum atomic E-state index is -0.715. The summed E-state index contributed by atoms with van der Waals surface area (Å²) in [6, 6.07) is 0. The van der Waals surface area contributed by atoms with Gasteiger partial charge in [-0.25, -0.2) is 0 Å². The molecule has 2 spiro atoms. The van der Waals surface area contributed by atoms with Gasteiger partial charge in [-0.05, 0) is 87.9 Å². The molecule has 186 valence electrons. The van der Waals surface area contributed by atoms with E-state index < -0.39 is 17.8 Å². The highest BCUT2D eigenvalue weighted by Crippen LogP contribution is 2.79. The number of aliphatic hydroxyl groups is 3. The Hall–Kier alpha value is -0.460. The Morgan fingerprint density at radius 2 is 1.76 bits per heavy atom. The van der Waals surface area contributed by atoms with Gasteiger partial charge in [0.15, 0.2) is 6.29 Å². The Morgan fingerprint density at radius 3 is 2.48 bits per heavy atom.